The number of rotatable bonds is 3. The number of piperidine rings is 1. The summed E-state index contributed by atoms with van der Waals surface area (Å²) < 4.78 is 5.84. The normalized spacial score (nSPS) is 20.1. The molecule has 1 aliphatic heterocycles. The van der Waals surface area contributed by atoms with Crippen molar-refractivity contribution in [1.29, 1.82) is 0 Å². The molecule has 2 aliphatic rings. The van der Waals surface area contributed by atoms with Crippen molar-refractivity contribution in [2.24, 2.45) is 5.92 Å². The van der Waals surface area contributed by atoms with Gasteiger partial charge in [-0.25, -0.2) is 0 Å². The van der Waals surface area contributed by atoms with Gasteiger partial charge in [-0.1, -0.05) is 30.9 Å². The van der Waals surface area contributed by atoms with E-state index in [1.165, 1.54) is 19.3 Å². The van der Waals surface area contributed by atoms with E-state index in [9.17, 15) is 4.79 Å². The van der Waals surface area contributed by atoms with E-state index >= 15 is 0 Å². The molecule has 0 unspecified atom stereocenters. The van der Waals surface area contributed by atoms with Crippen molar-refractivity contribution >= 4 is 34.6 Å². The van der Waals surface area contributed by atoms with Crippen molar-refractivity contribution in [2.45, 2.75) is 51.0 Å². The lowest BCUT2D eigenvalue weighted by Gasteiger charge is -2.31. The van der Waals surface area contributed by atoms with Crippen LogP contribution in [0.15, 0.2) is 22.6 Å². The highest BCUT2D eigenvalue weighted by Gasteiger charge is 2.28. The van der Waals surface area contributed by atoms with E-state index in [0.717, 1.165) is 44.3 Å². The average molecular weight is 362 g/mol. The van der Waals surface area contributed by atoms with E-state index in [2.05, 4.69) is 15.2 Å². The molecule has 5 nitrogen and oxygen atoms in total. The maximum atomic E-state index is 12.5. The van der Waals surface area contributed by atoms with Gasteiger partial charge in [-0.3, -0.25) is 4.79 Å². The smallest absolute Gasteiger partial charge is 0.298 e. The van der Waals surface area contributed by atoms with Gasteiger partial charge in [0, 0.05) is 36.1 Å². The molecule has 134 valence electrons. The van der Waals surface area contributed by atoms with Gasteiger partial charge >= 0.3 is 0 Å². The molecule has 1 N–H and O–H groups in total. The van der Waals surface area contributed by atoms with Crippen LogP contribution in [0.1, 0.15) is 44.9 Å². The molecule has 1 aromatic carbocycles. The van der Waals surface area contributed by atoms with Gasteiger partial charge in [0.2, 0.25) is 5.91 Å². The second kappa shape index (κ2) is 7.24. The first kappa shape index (κ1) is 16.7. The number of carbonyl (C=O) groups excluding carboxylic acids is 1. The fourth-order valence-corrected chi connectivity index (χ4v) is 4.08. The molecule has 2 heterocycles. The molecule has 1 amide bonds. The summed E-state index contributed by atoms with van der Waals surface area (Å²) in [5, 5.41) is 3.91. The lowest BCUT2D eigenvalue weighted by molar-refractivity contribution is -0.126. The van der Waals surface area contributed by atoms with Crippen LogP contribution in [0.25, 0.3) is 11.1 Å². The van der Waals surface area contributed by atoms with Gasteiger partial charge in [0.1, 0.15) is 5.52 Å². The van der Waals surface area contributed by atoms with Crippen molar-refractivity contribution in [2.75, 3.05) is 18.0 Å². The maximum absolute atomic E-state index is 12.5. The summed E-state index contributed by atoms with van der Waals surface area (Å²) in [4.78, 5) is 19.2. The number of amides is 1. The number of aromatic nitrogens is 1. The summed E-state index contributed by atoms with van der Waals surface area (Å²) in [6.45, 7) is 1.59. The van der Waals surface area contributed by atoms with Gasteiger partial charge in [0.05, 0.1) is 0 Å². The van der Waals surface area contributed by atoms with E-state index in [1.807, 2.05) is 12.1 Å². The molecule has 1 aliphatic carbocycles. The number of hydrogen-bond acceptors (Lipinski definition) is 4. The highest BCUT2D eigenvalue weighted by atomic mass is 35.5. The maximum Gasteiger partial charge on any atom is 0.298 e. The Kier molecular flexibility index (Phi) is 4.84. The number of hydrogen-bond donors (Lipinski definition) is 1. The zero-order chi connectivity index (χ0) is 17.2. The number of benzene rings is 1. The molecule has 1 aromatic heterocycles. The van der Waals surface area contributed by atoms with E-state index in [1.54, 1.807) is 6.07 Å². The van der Waals surface area contributed by atoms with Gasteiger partial charge in [-0.05, 0) is 37.8 Å². The minimum Gasteiger partial charge on any atom is -0.423 e. The lowest BCUT2D eigenvalue weighted by atomic mass is 9.92. The van der Waals surface area contributed by atoms with Crippen molar-refractivity contribution in [3.8, 4) is 0 Å². The van der Waals surface area contributed by atoms with E-state index in [-0.39, 0.29) is 11.8 Å². The Balaban J connectivity index is 1.34. The molecule has 2 aromatic rings. The third-order valence-electron chi connectivity index (χ3n) is 5.43. The Morgan fingerprint density at radius 3 is 2.68 bits per heavy atom. The van der Waals surface area contributed by atoms with Crippen LogP contribution in [0.3, 0.4) is 0 Å². The number of fused-ring (bicyclic) bond motifs is 1. The molecular formula is C19H24ClN3O2. The zero-order valence-corrected chi connectivity index (χ0v) is 15.1. The third kappa shape index (κ3) is 3.76. The van der Waals surface area contributed by atoms with E-state index in [0.29, 0.717) is 22.7 Å². The molecule has 6 heteroatoms. The summed E-state index contributed by atoms with van der Waals surface area (Å²) >= 11 is 6.00. The minimum absolute atomic E-state index is 0.108. The largest absolute Gasteiger partial charge is 0.423 e. The number of nitrogens with one attached hydrogen (secondary N) is 1. The average Bonchev–Trinajstić information content (AvgIpc) is 3.06. The molecule has 0 atom stereocenters. The van der Waals surface area contributed by atoms with Crippen molar-refractivity contribution in [3.05, 3.63) is 23.2 Å². The molecule has 0 radical (unpaired) electrons. The van der Waals surface area contributed by atoms with Crippen molar-refractivity contribution in [3.63, 3.8) is 0 Å². The Morgan fingerprint density at radius 1 is 1.16 bits per heavy atom. The number of oxazole rings is 1. The highest BCUT2D eigenvalue weighted by Crippen LogP contribution is 2.28. The Morgan fingerprint density at radius 2 is 1.92 bits per heavy atom. The topological polar surface area (TPSA) is 58.4 Å². The summed E-state index contributed by atoms with van der Waals surface area (Å²) in [6.07, 6.45) is 7.75. The molecular weight excluding hydrogens is 338 g/mol. The van der Waals surface area contributed by atoms with Crippen molar-refractivity contribution in [1.82, 2.24) is 10.3 Å². The molecule has 25 heavy (non-hydrogen) atoms. The van der Waals surface area contributed by atoms with Crippen LogP contribution in [0.2, 0.25) is 5.02 Å². The Bertz CT molecular complexity index is 746. The first-order valence-corrected chi connectivity index (χ1v) is 9.68. The second-order valence-electron chi connectivity index (χ2n) is 7.21. The predicted octanol–water partition coefficient (Wildman–Crippen LogP) is 4.15. The standard InChI is InChI=1S/C19H24ClN3O2/c20-14-6-7-16-17(12-14)25-19(22-16)23-10-8-13(9-11-23)18(24)21-15-4-2-1-3-5-15/h6-7,12-13,15H,1-5,8-11H2,(H,21,24). The Hall–Kier alpha value is -1.75. The quantitative estimate of drug-likeness (QED) is 0.892. The van der Waals surface area contributed by atoms with Gasteiger partial charge in [0.15, 0.2) is 5.58 Å². The van der Waals surface area contributed by atoms with Gasteiger partial charge in [-0.15, -0.1) is 0 Å². The molecule has 0 spiro atoms. The fourth-order valence-electron chi connectivity index (χ4n) is 3.92. The minimum atomic E-state index is 0.108. The van der Waals surface area contributed by atoms with Crippen LogP contribution >= 0.6 is 11.6 Å². The van der Waals surface area contributed by atoms with Crippen LogP contribution in [0.5, 0.6) is 0 Å². The highest BCUT2D eigenvalue weighted by molar-refractivity contribution is 6.31. The van der Waals surface area contributed by atoms with E-state index < -0.39 is 0 Å². The van der Waals surface area contributed by atoms with Crippen LogP contribution in [-0.4, -0.2) is 30.0 Å². The summed E-state index contributed by atoms with van der Waals surface area (Å²) in [5.74, 6) is 0.341. The number of nitrogens with zero attached hydrogens (tertiary/aromatic N) is 2. The number of anilines is 1. The molecule has 4 rings (SSSR count). The van der Waals surface area contributed by atoms with Crippen LogP contribution in [0, 0.1) is 5.92 Å². The molecule has 2 fully saturated rings. The number of halogens is 1. The van der Waals surface area contributed by atoms with Crippen LogP contribution < -0.4 is 10.2 Å². The SMILES string of the molecule is O=C(NC1CCCCC1)C1CCN(c2nc3ccc(Cl)cc3o2)CC1. The van der Waals surface area contributed by atoms with Gasteiger partial charge in [0.25, 0.3) is 6.01 Å². The van der Waals surface area contributed by atoms with Crippen LogP contribution in [-0.2, 0) is 4.79 Å². The fraction of sp³-hybridized carbons (Fsp3) is 0.579. The monoisotopic (exact) mass is 361 g/mol. The lowest BCUT2D eigenvalue weighted by Crippen LogP contribution is -2.44. The Labute approximate surface area is 152 Å². The van der Waals surface area contributed by atoms with E-state index in [4.69, 9.17) is 16.0 Å². The van der Waals surface area contributed by atoms with Gasteiger partial charge in [-0.2, -0.15) is 4.98 Å². The third-order valence-corrected chi connectivity index (χ3v) is 5.66. The first-order valence-electron chi connectivity index (χ1n) is 9.30. The van der Waals surface area contributed by atoms with Gasteiger partial charge < -0.3 is 14.6 Å². The molecule has 1 saturated carbocycles. The second-order valence-corrected chi connectivity index (χ2v) is 7.65. The first-order chi connectivity index (χ1) is 12.2. The van der Waals surface area contributed by atoms with Crippen LogP contribution in [0.4, 0.5) is 6.01 Å². The predicted molar refractivity (Wildman–Crippen MR) is 99.0 cm³/mol. The summed E-state index contributed by atoms with van der Waals surface area (Å²) in [7, 11) is 0. The number of carbonyl (C=O) groups is 1. The zero-order valence-electron chi connectivity index (χ0n) is 14.3. The summed E-state index contributed by atoms with van der Waals surface area (Å²) in [5.41, 5.74) is 1.52. The van der Waals surface area contributed by atoms with Crippen molar-refractivity contribution < 1.29 is 9.21 Å². The molecule has 1 saturated heterocycles. The molecule has 0 bridgehead atoms. The summed E-state index contributed by atoms with van der Waals surface area (Å²) in [6, 6.07) is 6.50.